The summed E-state index contributed by atoms with van der Waals surface area (Å²) in [4.78, 5) is 0. The minimum Gasteiger partial charge on any atom is -0.207 e. The van der Waals surface area contributed by atoms with Crippen LogP contribution in [0.15, 0.2) is 36.4 Å². The first kappa shape index (κ1) is 17.1. The second kappa shape index (κ2) is 7.48. The highest BCUT2D eigenvalue weighted by atomic mass is 19.1. The van der Waals surface area contributed by atoms with E-state index in [1.54, 1.807) is 12.1 Å². The van der Waals surface area contributed by atoms with E-state index in [1.165, 1.54) is 63.4 Å². The van der Waals surface area contributed by atoms with E-state index in [4.69, 9.17) is 0 Å². The van der Waals surface area contributed by atoms with Gasteiger partial charge in [0.15, 0.2) is 0 Å². The van der Waals surface area contributed by atoms with Crippen molar-refractivity contribution in [2.75, 3.05) is 0 Å². The van der Waals surface area contributed by atoms with E-state index in [1.807, 2.05) is 6.07 Å². The van der Waals surface area contributed by atoms with Gasteiger partial charge in [-0.15, -0.1) is 0 Å². The largest absolute Gasteiger partial charge is 0.207 e. The van der Waals surface area contributed by atoms with E-state index < -0.39 is 0 Å². The quantitative estimate of drug-likeness (QED) is 0.542. The first-order chi connectivity index (χ1) is 12.2. The van der Waals surface area contributed by atoms with E-state index in [-0.39, 0.29) is 5.82 Å². The summed E-state index contributed by atoms with van der Waals surface area (Å²) >= 11 is 0. The number of hydrogen-bond donors (Lipinski definition) is 0. The second-order valence-corrected chi connectivity index (χ2v) is 8.60. The van der Waals surface area contributed by atoms with Crippen molar-refractivity contribution >= 4 is 10.8 Å². The summed E-state index contributed by atoms with van der Waals surface area (Å²) in [6.45, 7) is 2.31. The Labute approximate surface area is 151 Å². The third kappa shape index (κ3) is 3.76. The molecule has 25 heavy (non-hydrogen) atoms. The van der Waals surface area contributed by atoms with Crippen molar-refractivity contribution in [3.8, 4) is 0 Å². The van der Waals surface area contributed by atoms with Crippen molar-refractivity contribution in [1.29, 1.82) is 0 Å². The molecule has 0 N–H and O–H groups in total. The molecule has 0 aliphatic heterocycles. The van der Waals surface area contributed by atoms with Crippen LogP contribution in [0.2, 0.25) is 0 Å². The zero-order valence-corrected chi connectivity index (χ0v) is 15.5. The van der Waals surface area contributed by atoms with Crippen LogP contribution in [0.3, 0.4) is 0 Å². The van der Waals surface area contributed by atoms with Crippen molar-refractivity contribution in [3.05, 3.63) is 47.8 Å². The Morgan fingerprint density at radius 3 is 2.56 bits per heavy atom. The zero-order valence-electron chi connectivity index (χ0n) is 15.5. The number of rotatable bonds is 4. The number of halogens is 1. The Morgan fingerprint density at radius 2 is 1.68 bits per heavy atom. The summed E-state index contributed by atoms with van der Waals surface area (Å²) in [5, 5.41) is 2.21. The van der Waals surface area contributed by atoms with Crippen molar-refractivity contribution in [1.82, 2.24) is 0 Å². The lowest BCUT2D eigenvalue weighted by Crippen LogP contribution is -2.30. The standard InChI is InChI=1S/C24H31F/c1-2-3-4-17-5-6-20-14-21(10-9-19(20)13-17)22-8-7-18-11-12-24(25)16-23(18)15-22/h7-8,11-12,15-17,19-21H,2-6,9-10,13-14H2,1H3. The van der Waals surface area contributed by atoms with Crippen LogP contribution in [-0.4, -0.2) is 0 Å². The second-order valence-electron chi connectivity index (χ2n) is 8.60. The van der Waals surface area contributed by atoms with Gasteiger partial charge in [-0.3, -0.25) is 0 Å². The summed E-state index contributed by atoms with van der Waals surface area (Å²) < 4.78 is 13.6. The van der Waals surface area contributed by atoms with Gasteiger partial charge >= 0.3 is 0 Å². The van der Waals surface area contributed by atoms with E-state index in [0.717, 1.165) is 28.5 Å². The molecule has 0 amide bonds. The molecule has 1 heteroatoms. The number of unbranched alkanes of at least 4 members (excludes halogenated alkanes) is 1. The number of fused-ring (bicyclic) bond motifs is 2. The summed E-state index contributed by atoms with van der Waals surface area (Å²) in [6, 6.07) is 11.8. The van der Waals surface area contributed by atoms with Gasteiger partial charge < -0.3 is 0 Å². The third-order valence-corrected chi connectivity index (χ3v) is 6.99. The fraction of sp³-hybridized carbons (Fsp3) is 0.583. The van der Waals surface area contributed by atoms with Gasteiger partial charge in [-0.25, -0.2) is 4.39 Å². The van der Waals surface area contributed by atoms with Gasteiger partial charge in [0.25, 0.3) is 0 Å². The predicted octanol–water partition coefficient (Wildman–Crippen LogP) is 7.47. The van der Waals surface area contributed by atoms with Gasteiger partial charge in [0.1, 0.15) is 5.82 Å². The fourth-order valence-corrected chi connectivity index (χ4v) is 5.53. The lowest BCUT2D eigenvalue weighted by atomic mass is 9.63. The van der Waals surface area contributed by atoms with Crippen molar-refractivity contribution in [3.63, 3.8) is 0 Å². The molecule has 2 fully saturated rings. The van der Waals surface area contributed by atoms with Gasteiger partial charge in [-0.05, 0) is 84.2 Å². The van der Waals surface area contributed by atoms with Crippen LogP contribution in [0, 0.1) is 23.6 Å². The molecule has 0 bridgehead atoms. The maximum atomic E-state index is 13.6. The van der Waals surface area contributed by atoms with E-state index in [0.29, 0.717) is 5.92 Å². The monoisotopic (exact) mass is 338 g/mol. The lowest BCUT2D eigenvalue weighted by Gasteiger charge is -2.42. The molecule has 134 valence electrons. The molecule has 2 saturated carbocycles. The van der Waals surface area contributed by atoms with Crippen LogP contribution in [0.5, 0.6) is 0 Å². The molecular weight excluding hydrogens is 307 g/mol. The van der Waals surface area contributed by atoms with Crippen LogP contribution >= 0.6 is 0 Å². The first-order valence-electron chi connectivity index (χ1n) is 10.4. The van der Waals surface area contributed by atoms with Crippen LogP contribution in [0.25, 0.3) is 10.8 Å². The number of benzene rings is 2. The highest BCUT2D eigenvalue weighted by Gasteiger charge is 2.35. The Balaban J connectivity index is 1.44. The summed E-state index contributed by atoms with van der Waals surface area (Å²) in [5.41, 5.74) is 1.43. The topological polar surface area (TPSA) is 0 Å². The summed E-state index contributed by atoms with van der Waals surface area (Å²) in [6.07, 6.45) is 12.7. The highest BCUT2D eigenvalue weighted by Crippen LogP contribution is 2.48. The van der Waals surface area contributed by atoms with E-state index >= 15 is 0 Å². The molecule has 0 heterocycles. The van der Waals surface area contributed by atoms with Gasteiger partial charge in [-0.2, -0.15) is 0 Å². The average molecular weight is 339 g/mol. The lowest BCUT2D eigenvalue weighted by molar-refractivity contribution is 0.113. The highest BCUT2D eigenvalue weighted by molar-refractivity contribution is 5.83. The SMILES string of the molecule is CCCCC1CCC2CC(c3ccc4ccc(F)cc4c3)CCC2C1. The van der Waals surface area contributed by atoms with Gasteiger partial charge in [-0.1, -0.05) is 56.9 Å². The Hall–Kier alpha value is -1.37. The maximum Gasteiger partial charge on any atom is 0.123 e. The molecule has 0 radical (unpaired) electrons. The number of hydrogen-bond acceptors (Lipinski definition) is 0. The normalized spacial score (nSPS) is 29.5. The van der Waals surface area contributed by atoms with Crippen LogP contribution in [0.1, 0.15) is 76.2 Å². The van der Waals surface area contributed by atoms with Crippen LogP contribution < -0.4 is 0 Å². The summed E-state index contributed by atoms with van der Waals surface area (Å²) in [7, 11) is 0. The van der Waals surface area contributed by atoms with Crippen molar-refractivity contribution < 1.29 is 4.39 Å². The molecule has 0 spiro atoms. The van der Waals surface area contributed by atoms with E-state index in [9.17, 15) is 4.39 Å². The predicted molar refractivity (Wildman–Crippen MR) is 104 cm³/mol. The first-order valence-corrected chi connectivity index (χ1v) is 10.4. The minimum atomic E-state index is -0.126. The van der Waals surface area contributed by atoms with E-state index in [2.05, 4.69) is 25.1 Å². The van der Waals surface area contributed by atoms with Gasteiger partial charge in [0.2, 0.25) is 0 Å². The molecule has 2 aliphatic carbocycles. The Kier molecular flexibility index (Phi) is 5.10. The molecule has 4 atom stereocenters. The zero-order chi connectivity index (χ0) is 17.2. The van der Waals surface area contributed by atoms with Crippen LogP contribution in [0.4, 0.5) is 4.39 Å². The van der Waals surface area contributed by atoms with Crippen molar-refractivity contribution in [2.24, 2.45) is 17.8 Å². The molecule has 4 rings (SSSR count). The molecule has 2 aromatic rings. The molecular formula is C24H31F. The van der Waals surface area contributed by atoms with Gasteiger partial charge in [0.05, 0.1) is 0 Å². The van der Waals surface area contributed by atoms with Crippen molar-refractivity contribution in [2.45, 2.75) is 70.6 Å². The third-order valence-electron chi connectivity index (χ3n) is 6.99. The Morgan fingerprint density at radius 1 is 0.880 bits per heavy atom. The summed E-state index contributed by atoms with van der Waals surface area (Å²) in [5.74, 6) is 3.46. The maximum absolute atomic E-state index is 13.6. The molecule has 0 aromatic heterocycles. The molecule has 2 aromatic carbocycles. The minimum absolute atomic E-state index is 0.126. The Bertz CT molecular complexity index is 719. The molecule has 4 unspecified atom stereocenters. The molecule has 2 aliphatic rings. The smallest absolute Gasteiger partial charge is 0.123 e. The van der Waals surface area contributed by atoms with Gasteiger partial charge in [0, 0.05) is 0 Å². The molecule has 0 nitrogen and oxygen atoms in total. The molecule has 0 saturated heterocycles. The average Bonchev–Trinajstić information content (AvgIpc) is 2.65. The van der Waals surface area contributed by atoms with Crippen LogP contribution in [-0.2, 0) is 0 Å². The fourth-order valence-electron chi connectivity index (χ4n) is 5.53.